The van der Waals surface area contributed by atoms with Gasteiger partial charge in [-0.05, 0) is 19.9 Å². The molecule has 0 radical (unpaired) electrons. The molecule has 1 aliphatic heterocycles. The van der Waals surface area contributed by atoms with Crippen LogP contribution in [0.1, 0.15) is 29.8 Å². The van der Waals surface area contributed by atoms with Crippen molar-refractivity contribution in [2.24, 2.45) is 0 Å². The fourth-order valence-electron chi connectivity index (χ4n) is 1.96. The van der Waals surface area contributed by atoms with Crippen LogP contribution in [-0.4, -0.2) is 19.0 Å². The molecule has 0 bridgehead atoms. The summed E-state index contributed by atoms with van der Waals surface area (Å²) < 4.78 is 10.8. The Morgan fingerprint density at radius 2 is 2.31 bits per heavy atom. The highest BCUT2D eigenvalue weighted by Crippen LogP contribution is 2.44. The van der Waals surface area contributed by atoms with E-state index in [0.717, 1.165) is 12.0 Å². The van der Waals surface area contributed by atoms with Crippen LogP contribution < -0.4 is 9.47 Å². The van der Waals surface area contributed by atoms with E-state index in [2.05, 4.69) is 0 Å². The van der Waals surface area contributed by atoms with Crippen molar-refractivity contribution in [3.05, 3.63) is 22.2 Å². The molecule has 16 heavy (non-hydrogen) atoms. The minimum absolute atomic E-state index is 0.0545. The molecular weight excluding hydrogens is 228 g/mol. The molecule has 1 aromatic rings. The minimum atomic E-state index is -0.0545. The number of ether oxygens (including phenoxy) is 2. The molecule has 1 unspecified atom stereocenters. The van der Waals surface area contributed by atoms with Gasteiger partial charge >= 0.3 is 0 Å². The van der Waals surface area contributed by atoms with Gasteiger partial charge in [0.2, 0.25) is 0 Å². The van der Waals surface area contributed by atoms with Gasteiger partial charge in [0, 0.05) is 12.0 Å². The maximum Gasteiger partial charge on any atom is 0.163 e. The number of hydrogen-bond donors (Lipinski definition) is 0. The maximum absolute atomic E-state index is 11.5. The smallest absolute Gasteiger partial charge is 0.163 e. The maximum atomic E-state index is 11.5. The van der Waals surface area contributed by atoms with Crippen LogP contribution in [0.2, 0.25) is 5.02 Å². The molecule has 0 aliphatic carbocycles. The Kier molecular flexibility index (Phi) is 2.80. The summed E-state index contributed by atoms with van der Waals surface area (Å²) in [7, 11) is 1.50. The third-order valence-electron chi connectivity index (χ3n) is 2.66. The van der Waals surface area contributed by atoms with Gasteiger partial charge in [-0.15, -0.1) is 0 Å². The van der Waals surface area contributed by atoms with Crippen molar-refractivity contribution in [1.82, 2.24) is 0 Å². The monoisotopic (exact) mass is 240 g/mol. The Bertz CT molecular complexity index is 454. The molecule has 4 heteroatoms. The van der Waals surface area contributed by atoms with Gasteiger partial charge in [-0.2, -0.15) is 0 Å². The average Bonchev–Trinajstić information content (AvgIpc) is 2.58. The highest BCUT2D eigenvalue weighted by molar-refractivity contribution is 6.34. The van der Waals surface area contributed by atoms with Crippen molar-refractivity contribution >= 4 is 17.4 Å². The van der Waals surface area contributed by atoms with Gasteiger partial charge < -0.3 is 9.47 Å². The van der Waals surface area contributed by atoms with Crippen molar-refractivity contribution in [3.8, 4) is 11.5 Å². The molecule has 86 valence electrons. The molecule has 0 amide bonds. The lowest BCUT2D eigenvalue weighted by Gasteiger charge is -2.11. The second kappa shape index (κ2) is 3.98. The number of Topliss-reactive ketones (excluding diaryl/α,β-unsaturated/α-hetero) is 1. The van der Waals surface area contributed by atoms with Gasteiger partial charge in [-0.1, -0.05) is 11.6 Å². The van der Waals surface area contributed by atoms with Crippen LogP contribution >= 0.6 is 11.6 Å². The summed E-state index contributed by atoms with van der Waals surface area (Å²) in [6, 6.07) is 1.81. The molecule has 0 spiro atoms. The summed E-state index contributed by atoms with van der Waals surface area (Å²) in [5.41, 5.74) is 1.49. The van der Waals surface area contributed by atoms with E-state index in [4.69, 9.17) is 21.1 Å². The number of methoxy groups -OCH3 is 1. The third-order valence-corrected chi connectivity index (χ3v) is 3.01. The molecule has 1 aliphatic rings. The highest BCUT2D eigenvalue weighted by atomic mass is 35.5. The zero-order chi connectivity index (χ0) is 11.9. The van der Waals surface area contributed by atoms with Crippen molar-refractivity contribution in [2.45, 2.75) is 26.4 Å². The largest absolute Gasteiger partial charge is 0.494 e. The lowest BCUT2D eigenvalue weighted by atomic mass is 10.0. The topological polar surface area (TPSA) is 35.5 Å². The Labute approximate surface area is 99.3 Å². The predicted molar refractivity (Wildman–Crippen MR) is 61.8 cm³/mol. The number of hydrogen-bond acceptors (Lipinski definition) is 3. The van der Waals surface area contributed by atoms with E-state index < -0.39 is 0 Å². The Hall–Kier alpha value is -1.22. The van der Waals surface area contributed by atoms with Crippen LogP contribution in [0.5, 0.6) is 11.5 Å². The summed E-state index contributed by atoms with van der Waals surface area (Å²) >= 11 is 6.17. The fraction of sp³-hybridized carbons (Fsp3) is 0.417. The van der Waals surface area contributed by atoms with E-state index >= 15 is 0 Å². The summed E-state index contributed by atoms with van der Waals surface area (Å²) in [6.45, 7) is 3.47. The van der Waals surface area contributed by atoms with E-state index in [1.54, 1.807) is 0 Å². The van der Waals surface area contributed by atoms with Crippen LogP contribution in [0.4, 0.5) is 0 Å². The standard InChI is InChI=1S/C12H13ClO3/c1-6-4-8-5-9(7(2)14)12(15-3)10(13)11(8)16-6/h5-6H,4H2,1-3H3. The molecule has 1 aromatic carbocycles. The third kappa shape index (κ3) is 1.65. The molecule has 0 N–H and O–H groups in total. The molecule has 1 heterocycles. The fourth-order valence-corrected chi connectivity index (χ4v) is 2.31. The van der Waals surface area contributed by atoms with E-state index in [-0.39, 0.29) is 11.9 Å². The van der Waals surface area contributed by atoms with Crippen molar-refractivity contribution in [2.75, 3.05) is 7.11 Å². The number of rotatable bonds is 2. The molecule has 0 saturated heterocycles. The van der Waals surface area contributed by atoms with Crippen molar-refractivity contribution < 1.29 is 14.3 Å². The minimum Gasteiger partial charge on any atom is -0.494 e. The highest BCUT2D eigenvalue weighted by Gasteiger charge is 2.27. The molecule has 3 nitrogen and oxygen atoms in total. The number of fused-ring (bicyclic) bond motifs is 1. The van der Waals surface area contributed by atoms with E-state index in [1.807, 2.05) is 13.0 Å². The van der Waals surface area contributed by atoms with E-state index in [9.17, 15) is 4.79 Å². The van der Waals surface area contributed by atoms with Crippen LogP contribution in [-0.2, 0) is 6.42 Å². The Balaban J connectivity index is 2.63. The number of halogens is 1. The van der Waals surface area contributed by atoms with Gasteiger partial charge in [-0.3, -0.25) is 4.79 Å². The summed E-state index contributed by atoms with van der Waals surface area (Å²) in [4.78, 5) is 11.5. The molecular formula is C12H13ClO3. The summed E-state index contributed by atoms with van der Waals surface area (Å²) in [6.07, 6.45) is 0.874. The quantitative estimate of drug-likeness (QED) is 0.746. The molecule has 0 saturated carbocycles. The molecule has 0 fully saturated rings. The lowest BCUT2D eigenvalue weighted by molar-refractivity contribution is 0.101. The zero-order valence-corrected chi connectivity index (χ0v) is 10.2. The van der Waals surface area contributed by atoms with Crippen LogP contribution in [0, 0.1) is 0 Å². The van der Waals surface area contributed by atoms with Crippen molar-refractivity contribution in [1.29, 1.82) is 0 Å². The second-order valence-electron chi connectivity index (χ2n) is 3.95. The zero-order valence-electron chi connectivity index (χ0n) is 9.46. The van der Waals surface area contributed by atoms with Gasteiger partial charge in [0.25, 0.3) is 0 Å². The van der Waals surface area contributed by atoms with Crippen LogP contribution in [0.25, 0.3) is 0 Å². The molecule has 1 atom stereocenters. The lowest BCUT2D eigenvalue weighted by Crippen LogP contribution is -2.05. The predicted octanol–water partition coefficient (Wildman–Crippen LogP) is 2.87. The average molecular weight is 241 g/mol. The summed E-state index contributed by atoms with van der Waals surface area (Å²) in [5.74, 6) is 0.999. The van der Waals surface area contributed by atoms with Crippen LogP contribution in [0.3, 0.4) is 0 Å². The molecule has 0 aromatic heterocycles. The van der Waals surface area contributed by atoms with Gasteiger partial charge in [0.15, 0.2) is 11.5 Å². The summed E-state index contributed by atoms with van der Waals surface area (Å²) in [5, 5.41) is 0.398. The number of benzene rings is 1. The van der Waals surface area contributed by atoms with Crippen molar-refractivity contribution in [3.63, 3.8) is 0 Å². The van der Waals surface area contributed by atoms with Gasteiger partial charge in [0.05, 0.1) is 12.7 Å². The Morgan fingerprint density at radius 3 is 2.88 bits per heavy atom. The van der Waals surface area contributed by atoms with E-state index in [1.165, 1.54) is 14.0 Å². The second-order valence-corrected chi connectivity index (χ2v) is 4.33. The first kappa shape index (κ1) is 11.3. The van der Waals surface area contributed by atoms with E-state index in [0.29, 0.717) is 22.1 Å². The Morgan fingerprint density at radius 1 is 1.62 bits per heavy atom. The number of ketones is 1. The number of carbonyl (C=O) groups is 1. The van der Waals surface area contributed by atoms with Gasteiger partial charge in [-0.25, -0.2) is 0 Å². The van der Waals surface area contributed by atoms with Gasteiger partial charge in [0.1, 0.15) is 16.9 Å². The molecule has 2 rings (SSSR count). The SMILES string of the molecule is COc1c(C(C)=O)cc2c(c1Cl)OC(C)C2. The first-order valence-electron chi connectivity index (χ1n) is 5.11. The van der Waals surface area contributed by atoms with Crippen LogP contribution in [0.15, 0.2) is 6.07 Å². The first-order valence-corrected chi connectivity index (χ1v) is 5.49. The number of carbonyl (C=O) groups excluding carboxylic acids is 1. The first-order chi connectivity index (χ1) is 7.54. The normalized spacial score (nSPS) is 17.9.